The molecule has 0 spiro atoms. The molecular formula is C32H36Cl3N3O5S2. The molecule has 242 valence electrons. The van der Waals surface area contributed by atoms with Gasteiger partial charge in [0.05, 0.1) is 17.4 Å². The minimum atomic E-state index is -3.21. The number of nitrogens with zero attached hydrogens (tertiary/aromatic N) is 1. The van der Waals surface area contributed by atoms with Gasteiger partial charge in [-0.15, -0.1) is 11.3 Å². The Labute approximate surface area is 283 Å². The van der Waals surface area contributed by atoms with Crippen molar-refractivity contribution in [3.05, 3.63) is 62.4 Å². The van der Waals surface area contributed by atoms with Gasteiger partial charge in [0.1, 0.15) is 14.7 Å². The number of piperidine rings is 2. The van der Waals surface area contributed by atoms with Crippen LogP contribution in [0.25, 0.3) is 21.6 Å². The zero-order valence-corrected chi connectivity index (χ0v) is 28.8. The van der Waals surface area contributed by atoms with Crippen molar-refractivity contribution in [2.24, 2.45) is 5.92 Å². The average Bonchev–Trinajstić information content (AvgIpc) is 3.39. The minimum Gasteiger partial charge on any atom is -0.491 e. The van der Waals surface area contributed by atoms with E-state index in [1.807, 2.05) is 12.1 Å². The van der Waals surface area contributed by atoms with Gasteiger partial charge in [-0.1, -0.05) is 53.0 Å². The van der Waals surface area contributed by atoms with E-state index in [4.69, 9.17) is 39.5 Å². The maximum Gasteiger partial charge on any atom is 0.271 e. The van der Waals surface area contributed by atoms with E-state index in [2.05, 4.69) is 15.5 Å². The van der Waals surface area contributed by atoms with Crippen molar-refractivity contribution in [2.45, 2.75) is 38.1 Å². The van der Waals surface area contributed by atoms with Crippen LogP contribution < -0.4 is 15.4 Å². The van der Waals surface area contributed by atoms with Gasteiger partial charge < -0.3 is 15.0 Å². The SMILES string of the molecule is CS(=O)(=O)CCCOc1c(C(=O)NC(=O)C2CCN(C3CCNCC3)CC2)sc(-c2ccc(Cl)cc2Cl)c1-c1ccc(Cl)cc1. The van der Waals surface area contributed by atoms with E-state index < -0.39 is 15.7 Å². The number of amides is 2. The predicted octanol–water partition coefficient (Wildman–Crippen LogP) is 6.58. The number of thiophene rings is 1. The molecule has 2 aliphatic rings. The quantitative estimate of drug-likeness (QED) is 0.181. The third-order valence-corrected chi connectivity index (χ3v) is 11.3. The zero-order chi connectivity index (χ0) is 32.1. The zero-order valence-electron chi connectivity index (χ0n) is 24.9. The number of likely N-dealkylation sites (tertiary alicyclic amines) is 1. The maximum atomic E-state index is 13.9. The van der Waals surface area contributed by atoms with Crippen LogP contribution in [0.2, 0.25) is 15.1 Å². The van der Waals surface area contributed by atoms with Crippen molar-refractivity contribution in [1.29, 1.82) is 0 Å². The van der Waals surface area contributed by atoms with E-state index in [1.54, 1.807) is 30.3 Å². The molecule has 3 aromatic rings. The lowest BCUT2D eigenvalue weighted by Gasteiger charge is -2.39. The van der Waals surface area contributed by atoms with E-state index in [9.17, 15) is 18.0 Å². The van der Waals surface area contributed by atoms with Gasteiger partial charge in [-0.2, -0.15) is 0 Å². The molecule has 2 aromatic carbocycles. The van der Waals surface area contributed by atoms with Crippen molar-refractivity contribution in [3.8, 4) is 27.3 Å². The lowest BCUT2D eigenvalue weighted by molar-refractivity contribution is -0.125. The molecule has 2 saturated heterocycles. The first-order valence-corrected chi connectivity index (χ1v) is 19.0. The van der Waals surface area contributed by atoms with Crippen molar-refractivity contribution >= 4 is 67.8 Å². The molecule has 2 aliphatic heterocycles. The number of nitrogens with one attached hydrogen (secondary N) is 2. The van der Waals surface area contributed by atoms with Crippen LogP contribution in [-0.2, 0) is 14.6 Å². The summed E-state index contributed by atoms with van der Waals surface area (Å²) in [5.74, 6) is -0.968. The summed E-state index contributed by atoms with van der Waals surface area (Å²) in [6.07, 6.45) is 4.97. The first-order valence-electron chi connectivity index (χ1n) is 15.0. The molecule has 0 unspecified atom stereocenters. The Hall–Kier alpha value is -2.18. The highest BCUT2D eigenvalue weighted by atomic mass is 35.5. The Kier molecular flexibility index (Phi) is 11.5. The van der Waals surface area contributed by atoms with Gasteiger partial charge in [-0.3, -0.25) is 14.9 Å². The smallest absolute Gasteiger partial charge is 0.271 e. The number of halogens is 3. The summed E-state index contributed by atoms with van der Waals surface area (Å²) in [5, 5.41) is 7.41. The van der Waals surface area contributed by atoms with E-state index in [-0.39, 0.29) is 41.2 Å². The second kappa shape index (κ2) is 15.2. The van der Waals surface area contributed by atoms with E-state index in [0.717, 1.165) is 50.4 Å². The normalized spacial score (nSPS) is 16.9. The summed E-state index contributed by atoms with van der Waals surface area (Å²) in [6, 6.07) is 12.7. The Morgan fingerprint density at radius 2 is 1.67 bits per heavy atom. The second-order valence-corrected chi connectivity index (χ2v) is 16.1. The number of imide groups is 1. The predicted molar refractivity (Wildman–Crippen MR) is 183 cm³/mol. The number of carbonyl (C=O) groups is 2. The van der Waals surface area contributed by atoms with Crippen molar-refractivity contribution in [3.63, 3.8) is 0 Å². The van der Waals surface area contributed by atoms with Crippen LogP contribution in [0.15, 0.2) is 42.5 Å². The number of hydrogen-bond donors (Lipinski definition) is 2. The molecule has 0 bridgehead atoms. The molecule has 2 N–H and O–H groups in total. The average molecular weight is 713 g/mol. The molecule has 0 radical (unpaired) electrons. The van der Waals surface area contributed by atoms with Crippen molar-refractivity contribution < 1.29 is 22.7 Å². The first kappa shape index (κ1) is 34.2. The fraction of sp³-hybridized carbons (Fsp3) is 0.438. The van der Waals surface area contributed by atoms with Gasteiger partial charge in [0.2, 0.25) is 5.91 Å². The topological polar surface area (TPSA) is 105 Å². The molecule has 5 rings (SSSR count). The molecule has 3 heterocycles. The summed E-state index contributed by atoms with van der Waals surface area (Å²) < 4.78 is 29.8. The van der Waals surface area contributed by atoms with Crippen LogP contribution in [0, 0.1) is 5.92 Å². The fourth-order valence-electron chi connectivity index (χ4n) is 5.91. The third kappa shape index (κ3) is 8.80. The summed E-state index contributed by atoms with van der Waals surface area (Å²) >= 11 is 20.2. The Morgan fingerprint density at radius 3 is 2.31 bits per heavy atom. The van der Waals surface area contributed by atoms with Crippen LogP contribution in [0.5, 0.6) is 5.75 Å². The maximum absolute atomic E-state index is 13.9. The standard InChI is InChI=1S/C32H36Cl3N3O5S2/c1-45(41,42)18-2-17-43-28-27(20-3-5-22(33)6-4-20)29(25-8-7-23(34)19-26(25)35)44-30(28)32(40)37-31(39)21-11-15-38(16-12-21)24-9-13-36-14-10-24/h3-8,19,21,24,36H,2,9-18H2,1H3,(H,37,39,40). The molecule has 0 saturated carbocycles. The molecule has 0 aliphatic carbocycles. The second-order valence-electron chi connectivity index (χ2n) is 11.5. The van der Waals surface area contributed by atoms with E-state index in [1.165, 1.54) is 6.26 Å². The Morgan fingerprint density at radius 1 is 1.00 bits per heavy atom. The molecule has 2 amide bonds. The van der Waals surface area contributed by atoms with Gasteiger partial charge in [-0.05, 0) is 88.1 Å². The van der Waals surface area contributed by atoms with Crippen LogP contribution in [0.1, 0.15) is 41.8 Å². The largest absolute Gasteiger partial charge is 0.491 e. The molecule has 1 aromatic heterocycles. The monoisotopic (exact) mass is 711 g/mol. The molecule has 45 heavy (non-hydrogen) atoms. The van der Waals surface area contributed by atoms with E-state index >= 15 is 0 Å². The molecule has 8 nitrogen and oxygen atoms in total. The molecule has 2 fully saturated rings. The van der Waals surface area contributed by atoms with Gasteiger partial charge >= 0.3 is 0 Å². The van der Waals surface area contributed by atoms with E-state index in [0.29, 0.717) is 55.5 Å². The summed E-state index contributed by atoms with van der Waals surface area (Å²) in [6.45, 7) is 3.72. The van der Waals surface area contributed by atoms with Gasteiger partial charge in [0, 0.05) is 44.3 Å². The number of benzene rings is 2. The van der Waals surface area contributed by atoms with Gasteiger partial charge in [0.25, 0.3) is 5.91 Å². The molecule has 13 heteroatoms. The number of rotatable bonds is 10. The Balaban J connectivity index is 1.45. The lowest BCUT2D eigenvalue weighted by atomic mass is 9.93. The van der Waals surface area contributed by atoms with Crippen molar-refractivity contribution in [2.75, 3.05) is 44.8 Å². The van der Waals surface area contributed by atoms with Crippen LogP contribution >= 0.6 is 46.1 Å². The summed E-state index contributed by atoms with van der Waals surface area (Å²) in [4.78, 5) is 30.6. The van der Waals surface area contributed by atoms with Crippen LogP contribution in [0.4, 0.5) is 0 Å². The highest BCUT2D eigenvalue weighted by molar-refractivity contribution is 7.90. The molecule has 0 atom stereocenters. The summed E-state index contributed by atoms with van der Waals surface area (Å²) in [7, 11) is -3.21. The molecular weight excluding hydrogens is 677 g/mol. The highest BCUT2D eigenvalue weighted by Gasteiger charge is 2.33. The first-order chi connectivity index (χ1) is 21.5. The minimum absolute atomic E-state index is 0.0432. The fourth-order valence-corrected chi connectivity index (χ4v) is 8.44. The lowest BCUT2D eigenvalue weighted by Crippen LogP contribution is -2.48. The number of carbonyl (C=O) groups excluding carboxylic acids is 2. The highest BCUT2D eigenvalue weighted by Crippen LogP contribution is 2.50. The van der Waals surface area contributed by atoms with Crippen molar-refractivity contribution in [1.82, 2.24) is 15.5 Å². The number of sulfone groups is 1. The Bertz CT molecular complexity index is 1630. The summed E-state index contributed by atoms with van der Waals surface area (Å²) in [5.41, 5.74) is 1.94. The van der Waals surface area contributed by atoms with Gasteiger partial charge in [0.15, 0.2) is 5.75 Å². The van der Waals surface area contributed by atoms with Gasteiger partial charge in [-0.25, -0.2) is 8.42 Å². The van der Waals surface area contributed by atoms with Crippen LogP contribution in [-0.4, -0.2) is 76.0 Å². The van der Waals surface area contributed by atoms with Crippen LogP contribution in [0.3, 0.4) is 0 Å². The number of hydrogen-bond acceptors (Lipinski definition) is 8. The third-order valence-electron chi connectivity index (χ3n) is 8.25. The number of ether oxygens (including phenoxy) is 1.